The van der Waals surface area contributed by atoms with Crippen molar-refractivity contribution in [2.24, 2.45) is 0 Å². The molecule has 2 amide bonds. The molecule has 0 radical (unpaired) electrons. The van der Waals surface area contributed by atoms with Crippen molar-refractivity contribution in [2.45, 2.75) is 32.6 Å². The van der Waals surface area contributed by atoms with Gasteiger partial charge in [0.15, 0.2) is 0 Å². The van der Waals surface area contributed by atoms with E-state index in [1.165, 1.54) is 6.92 Å². The molecule has 6 nitrogen and oxygen atoms in total. The van der Waals surface area contributed by atoms with Crippen LogP contribution in [0.1, 0.15) is 47.4 Å². The number of ether oxygens (including phenoxy) is 1. The molecule has 0 bridgehead atoms. The third kappa shape index (κ3) is 5.40. The lowest BCUT2D eigenvalue weighted by molar-refractivity contribution is -0.114. The highest BCUT2D eigenvalue weighted by Gasteiger charge is 2.27. The summed E-state index contributed by atoms with van der Waals surface area (Å²) in [6.45, 7) is 4.86. The molecule has 170 valence electrons. The smallest absolute Gasteiger partial charge is 0.253 e. The maximum Gasteiger partial charge on any atom is 0.253 e. The van der Waals surface area contributed by atoms with Crippen molar-refractivity contribution in [3.8, 4) is 16.9 Å². The summed E-state index contributed by atoms with van der Waals surface area (Å²) in [5, 5.41) is 2.73. The molecule has 1 saturated heterocycles. The number of hydrogen-bond donors (Lipinski definition) is 1. The second-order valence-electron chi connectivity index (χ2n) is 8.50. The molecule has 2 heterocycles. The van der Waals surface area contributed by atoms with Gasteiger partial charge in [-0.2, -0.15) is 0 Å². The number of anilines is 1. The number of piperidine rings is 1. The van der Waals surface area contributed by atoms with Crippen LogP contribution in [0.5, 0.6) is 5.75 Å². The van der Waals surface area contributed by atoms with Crippen LogP contribution in [0.3, 0.4) is 0 Å². The molecule has 1 atom stereocenters. The van der Waals surface area contributed by atoms with E-state index in [0.717, 1.165) is 47.7 Å². The fourth-order valence-corrected chi connectivity index (χ4v) is 4.34. The van der Waals surface area contributed by atoms with Gasteiger partial charge >= 0.3 is 0 Å². The summed E-state index contributed by atoms with van der Waals surface area (Å²) in [5.74, 6) is 0.902. The molecule has 4 rings (SSSR count). The van der Waals surface area contributed by atoms with Gasteiger partial charge in [0.1, 0.15) is 5.75 Å². The van der Waals surface area contributed by atoms with Crippen molar-refractivity contribution in [2.75, 3.05) is 25.5 Å². The zero-order valence-electron chi connectivity index (χ0n) is 19.3. The summed E-state index contributed by atoms with van der Waals surface area (Å²) in [6.07, 6.45) is 1.94. The van der Waals surface area contributed by atoms with Crippen LogP contribution in [-0.4, -0.2) is 41.9 Å². The Hall–Kier alpha value is -3.67. The number of pyridine rings is 1. The number of amides is 2. The van der Waals surface area contributed by atoms with Gasteiger partial charge in [0.2, 0.25) is 5.91 Å². The predicted molar refractivity (Wildman–Crippen MR) is 130 cm³/mol. The molecule has 1 N–H and O–H groups in total. The quantitative estimate of drug-likeness (QED) is 0.599. The average Bonchev–Trinajstić information content (AvgIpc) is 2.83. The fourth-order valence-electron chi connectivity index (χ4n) is 4.34. The normalized spacial score (nSPS) is 15.7. The van der Waals surface area contributed by atoms with E-state index in [4.69, 9.17) is 9.72 Å². The Kier molecular flexibility index (Phi) is 6.73. The van der Waals surface area contributed by atoms with Gasteiger partial charge in [0, 0.05) is 48.6 Å². The van der Waals surface area contributed by atoms with Crippen LogP contribution in [0, 0.1) is 6.92 Å². The van der Waals surface area contributed by atoms with Crippen LogP contribution in [0.15, 0.2) is 60.7 Å². The first-order valence-electron chi connectivity index (χ1n) is 11.2. The first-order valence-corrected chi connectivity index (χ1v) is 11.2. The molecule has 3 aromatic rings. The molecule has 1 aliphatic heterocycles. The molecule has 1 aromatic heterocycles. The maximum absolute atomic E-state index is 13.1. The van der Waals surface area contributed by atoms with Crippen LogP contribution in [0.25, 0.3) is 11.1 Å². The standard InChI is InChI=1S/C27H29N3O3/c1-18-15-23(20-8-12-25(33-3)13-9-20)16-26(28-18)22-5-4-14-30(17-22)27(32)21-6-10-24(11-7-21)29-19(2)31/h6-13,15-16,22H,4-5,14,17H2,1-3H3,(H,29,31)/t22-/m0/s1. The number of likely N-dealkylation sites (tertiary alicyclic amines) is 1. The van der Waals surface area contributed by atoms with Gasteiger partial charge in [-0.3, -0.25) is 14.6 Å². The maximum atomic E-state index is 13.1. The average molecular weight is 444 g/mol. The van der Waals surface area contributed by atoms with Crippen molar-refractivity contribution >= 4 is 17.5 Å². The number of carbonyl (C=O) groups excluding carboxylic acids is 2. The Bertz CT molecular complexity index is 1140. The Morgan fingerprint density at radius 3 is 2.42 bits per heavy atom. The molecule has 1 fully saturated rings. The highest BCUT2D eigenvalue weighted by atomic mass is 16.5. The van der Waals surface area contributed by atoms with Gasteiger partial charge in [0.25, 0.3) is 5.91 Å². The minimum atomic E-state index is -0.132. The Balaban J connectivity index is 1.51. The third-order valence-electron chi connectivity index (χ3n) is 5.98. The molecule has 0 spiro atoms. The minimum Gasteiger partial charge on any atom is -0.497 e. The lowest BCUT2D eigenvalue weighted by Crippen LogP contribution is -2.39. The number of nitrogens with zero attached hydrogens (tertiary/aromatic N) is 2. The van der Waals surface area contributed by atoms with Crippen molar-refractivity contribution < 1.29 is 14.3 Å². The summed E-state index contributed by atoms with van der Waals surface area (Å²) in [7, 11) is 1.66. The van der Waals surface area contributed by atoms with E-state index in [1.807, 2.05) is 24.0 Å². The van der Waals surface area contributed by atoms with Crippen LogP contribution < -0.4 is 10.1 Å². The molecule has 6 heteroatoms. The van der Waals surface area contributed by atoms with Crippen molar-refractivity contribution in [1.82, 2.24) is 9.88 Å². The number of carbonyl (C=O) groups is 2. The summed E-state index contributed by atoms with van der Waals surface area (Å²) in [6, 6.07) is 19.3. The molecule has 33 heavy (non-hydrogen) atoms. The van der Waals surface area contributed by atoms with Crippen LogP contribution in [0.4, 0.5) is 5.69 Å². The third-order valence-corrected chi connectivity index (χ3v) is 5.98. The van der Waals surface area contributed by atoms with Gasteiger partial charge in [-0.1, -0.05) is 12.1 Å². The molecule has 2 aromatic carbocycles. The second kappa shape index (κ2) is 9.86. The minimum absolute atomic E-state index is 0.0112. The molecule has 0 unspecified atom stereocenters. The molecular weight excluding hydrogens is 414 g/mol. The number of benzene rings is 2. The largest absolute Gasteiger partial charge is 0.497 e. The van der Waals surface area contributed by atoms with E-state index in [1.54, 1.807) is 31.4 Å². The fraction of sp³-hybridized carbons (Fsp3) is 0.296. The van der Waals surface area contributed by atoms with Crippen molar-refractivity contribution in [1.29, 1.82) is 0 Å². The van der Waals surface area contributed by atoms with Crippen molar-refractivity contribution in [3.05, 3.63) is 77.6 Å². The van der Waals surface area contributed by atoms with E-state index in [2.05, 4.69) is 29.6 Å². The Labute approximate surface area is 194 Å². The van der Waals surface area contributed by atoms with Gasteiger partial charge in [-0.05, 0) is 79.4 Å². The topological polar surface area (TPSA) is 71.5 Å². The van der Waals surface area contributed by atoms with Crippen LogP contribution in [-0.2, 0) is 4.79 Å². The predicted octanol–water partition coefficient (Wildman–Crippen LogP) is 5.04. The SMILES string of the molecule is COc1ccc(-c2cc(C)nc([C@H]3CCCN(C(=O)c4ccc(NC(C)=O)cc4)C3)c2)cc1. The van der Waals surface area contributed by atoms with Crippen LogP contribution >= 0.6 is 0 Å². The molecule has 1 aliphatic rings. The summed E-state index contributed by atoms with van der Waals surface area (Å²) >= 11 is 0. The van der Waals surface area contributed by atoms with E-state index >= 15 is 0 Å². The van der Waals surface area contributed by atoms with Gasteiger partial charge < -0.3 is 15.0 Å². The zero-order valence-corrected chi connectivity index (χ0v) is 19.3. The zero-order chi connectivity index (χ0) is 23.4. The first kappa shape index (κ1) is 22.5. The number of aryl methyl sites for hydroxylation is 1. The number of aromatic nitrogens is 1. The number of hydrogen-bond acceptors (Lipinski definition) is 4. The van der Waals surface area contributed by atoms with Gasteiger partial charge in [-0.25, -0.2) is 0 Å². The van der Waals surface area contributed by atoms with Crippen LogP contribution in [0.2, 0.25) is 0 Å². The first-order chi connectivity index (χ1) is 15.9. The Morgan fingerprint density at radius 1 is 1.03 bits per heavy atom. The van der Waals surface area contributed by atoms with E-state index in [0.29, 0.717) is 17.8 Å². The van der Waals surface area contributed by atoms with E-state index in [9.17, 15) is 9.59 Å². The second-order valence-corrected chi connectivity index (χ2v) is 8.50. The molecular formula is C27H29N3O3. The number of rotatable bonds is 5. The van der Waals surface area contributed by atoms with E-state index in [-0.39, 0.29) is 17.7 Å². The Morgan fingerprint density at radius 2 is 1.76 bits per heavy atom. The lowest BCUT2D eigenvalue weighted by atomic mass is 9.91. The van der Waals surface area contributed by atoms with Crippen molar-refractivity contribution in [3.63, 3.8) is 0 Å². The molecule has 0 aliphatic carbocycles. The highest BCUT2D eigenvalue weighted by molar-refractivity contribution is 5.95. The highest BCUT2D eigenvalue weighted by Crippen LogP contribution is 2.31. The number of methoxy groups -OCH3 is 1. The lowest BCUT2D eigenvalue weighted by Gasteiger charge is -2.33. The number of nitrogens with one attached hydrogen (secondary N) is 1. The van der Waals surface area contributed by atoms with Gasteiger partial charge in [-0.15, -0.1) is 0 Å². The summed E-state index contributed by atoms with van der Waals surface area (Å²) in [4.78, 5) is 31.1. The molecule has 0 saturated carbocycles. The van der Waals surface area contributed by atoms with E-state index < -0.39 is 0 Å². The summed E-state index contributed by atoms with van der Waals surface area (Å²) in [5.41, 5.74) is 5.55. The summed E-state index contributed by atoms with van der Waals surface area (Å²) < 4.78 is 5.27. The van der Waals surface area contributed by atoms with Gasteiger partial charge in [0.05, 0.1) is 7.11 Å². The monoisotopic (exact) mass is 443 g/mol.